The van der Waals surface area contributed by atoms with Crippen LogP contribution in [0.3, 0.4) is 0 Å². The fourth-order valence-corrected chi connectivity index (χ4v) is 3.94. The molecule has 1 aliphatic rings. The third kappa shape index (κ3) is 2.60. The Hall–Kier alpha value is -1.13. The molecule has 1 saturated heterocycles. The third-order valence-corrected chi connectivity index (χ3v) is 4.83. The number of aryl methyl sites for hydroxylation is 3. The molecule has 0 aliphatic carbocycles. The zero-order chi connectivity index (χ0) is 13.4. The van der Waals surface area contributed by atoms with Gasteiger partial charge < -0.3 is 4.57 Å². The van der Waals surface area contributed by atoms with Crippen molar-refractivity contribution >= 4 is 11.3 Å². The molecule has 0 amide bonds. The van der Waals surface area contributed by atoms with Crippen LogP contribution in [0.5, 0.6) is 0 Å². The second kappa shape index (κ2) is 5.10. The lowest BCUT2D eigenvalue weighted by Gasteiger charge is -2.23. The minimum absolute atomic E-state index is 0.487. The monoisotopic (exact) mass is 275 g/mol. The van der Waals surface area contributed by atoms with Gasteiger partial charge in [-0.05, 0) is 45.4 Å². The second-order valence-electron chi connectivity index (χ2n) is 5.49. The summed E-state index contributed by atoms with van der Waals surface area (Å²) >= 11 is 1.91. The van der Waals surface area contributed by atoms with Gasteiger partial charge in [0.15, 0.2) is 0 Å². The van der Waals surface area contributed by atoms with Crippen molar-refractivity contribution in [1.29, 1.82) is 0 Å². The molecular formula is C15H21N3S. The molecule has 3 nitrogen and oxygen atoms in total. The highest BCUT2D eigenvalue weighted by molar-refractivity contribution is 7.11. The minimum atomic E-state index is 0.487. The van der Waals surface area contributed by atoms with Gasteiger partial charge in [0.2, 0.25) is 0 Å². The van der Waals surface area contributed by atoms with Crippen LogP contribution in [0.1, 0.15) is 40.2 Å². The predicted molar refractivity (Wildman–Crippen MR) is 79.4 cm³/mol. The Kier molecular flexibility index (Phi) is 3.46. The van der Waals surface area contributed by atoms with E-state index in [0.717, 1.165) is 12.2 Å². The molecule has 0 spiro atoms. The van der Waals surface area contributed by atoms with Crippen molar-refractivity contribution in [2.45, 2.75) is 39.3 Å². The van der Waals surface area contributed by atoms with Crippen molar-refractivity contribution in [3.63, 3.8) is 0 Å². The smallest absolute Gasteiger partial charge is 0.126 e. The van der Waals surface area contributed by atoms with Crippen molar-refractivity contribution < 1.29 is 0 Å². The Morgan fingerprint density at radius 1 is 1.37 bits per heavy atom. The molecule has 19 heavy (non-hydrogen) atoms. The number of hydrogen-bond acceptors (Lipinski definition) is 3. The van der Waals surface area contributed by atoms with E-state index in [1.165, 1.54) is 35.0 Å². The molecule has 1 fully saturated rings. The first-order valence-electron chi connectivity index (χ1n) is 6.92. The van der Waals surface area contributed by atoms with E-state index in [9.17, 15) is 0 Å². The SMILES string of the molecule is Cc1cn(C)c(C2CCCN2Cc2ccc(C)s2)n1. The standard InChI is InChI=1S/C15H21N3S/c1-11-9-17(3)15(16-11)14-5-4-8-18(14)10-13-7-6-12(2)19-13/h6-7,9,14H,4-5,8,10H2,1-3H3. The zero-order valence-electron chi connectivity index (χ0n) is 11.9. The Morgan fingerprint density at radius 2 is 2.21 bits per heavy atom. The Morgan fingerprint density at radius 3 is 2.84 bits per heavy atom. The second-order valence-corrected chi connectivity index (χ2v) is 6.86. The molecule has 0 aromatic carbocycles. The third-order valence-electron chi connectivity index (χ3n) is 3.85. The van der Waals surface area contributed by atoms with Crippen LogP contribution < -0.4 is 0 Å². The highest BCUT2D eigenvalue weighted by Crippen LogP contribution is 2.33. The molecule has 3 rings (SSSR count). The van der Waals surface area contributed by atoms with Gasteiger partial charge in [-0.1, -0.05) is 0 Å². The Balaban J connectivity index is 1.79. The van der Waals surface area contributed by atoms with Gasteiger partial charge >= 0.3 is 0 Å². The number of imidazole rings is 1. The van der Waals surface area contributed by atoms with E-state index in [-0.39, 0.29) is 0 Å². The van der Waals surface area contributed by atoms with E-state index >= 15 is 0 Å². The lowest BCUT2D eigenvalue weighted by Crippen LogP contribution is -2.24. The molecule has 2 aromatic heterocycles. The van der Waals surface area contributed by atoms with Gasteiger partial charge in [0.1, 0.15) is 5.82 Å². The molecule has 0 radical (unpaired) electrons. The van der Waals surface area contributed by atoms with Gasteiger partial charge in [-0.15, -0.1) is 11.3 Å². The molecule has 4 heteroatoms. The Bertz CT molecular complexity index is 570. The average Bonchev–Trinajstić information content (AvgIpc) is 3.02. The fourth-order valence-electron chi connectivity index (χ4n) is 3.02. The maximum Gasteiger partial charge on any atom is 0.126 e. The first-order valence-corrected chi connectivity index (χ1v) is 7.74. The van der Waals surface area contributed by atoms with E-state index in [0.29, 0.717) is 6.04 Å². The van der Waals surface area contributed by atoms with Crippen LogP contribution in [-0.2, 0) is 13.6 Å². The number of hydrogen-bond donors (Lipinski definition) is 0. The van der Waals surface area contributed by atoms with E-state index in [2.05, 4.69) is 48.7 Å². The van der Waals surface area contributed by atoms with Gasteiger partial charge in [0, 0.05) is 29.5 Å². The first-order chi connectivity index (χ1) is 9.13. The maximum absolute atomic E-state index is 4.71. The Labute approximate surface area is 118 Å². The summed E-state index contributed by atoms with van der Waals surface area (Å²) in [6.45, 7) is 6.51. The molecule has 0 N–H and O–H groups in total. The van der Waals surface area contributed by atoms with Gasteiger partial charge in [-0.25, -0.2) is 4.98 Å². The van der Waals surface area contributed by atoms with Crippen molar-refractivity contribution in [1.82, 2.24) is 14.5 Å². The summed E-state index contributed by atoms with van der Waals surface area (Å²) in [5.41, 5.74) is 1.12. The van der Waals surface area contributed by atoms with Crippen LogP contribution in [0.15, 0.2) is 18.3 Å². The minimum Gasteiger partial charge on any atom is -0.336 e. The number of thiophene rings is 1. The summed E-state index contributed by atoms with van der Waals surface area (Å²) < 4.78 is 2.19. The number of rotatable bonds is 3. The van der Waals surface area contributed by atoms with Gasteiger partial charge in [0.25, 0.3) is 0 Å². The van der Waals surface area contributed by atoms with E-state index in [1.807, 2.05) is 11.3 Å². The largest absolute Gasteiger partial charge is 0.336 e. The molecule has 1 unspecified atom stereocenters. The number of likely N-dealkylation sites (tertiary alicyclic amines) is 1. The highest BCUT2D eigenvalue weighted by Gasteiger charge is 2.29. The summed E-state index contributed by atoms with van der Waals surface area (Å²) in [4.78, 5) is 10.2. The summed E-state index contributed by atoms with van der Waals surface area (Å²) in [5, 5.41) is 0. The lowest BCUT2D eigenvalue weighted by atomic mass is 10.2. The molecule has 1 aliphatic heterocycles. The molecule has 102 valence electrons. The predicted octanol–water partition coefficient (Wildman–Crippen LogP) is 3.44. The fraction of sp³-hybridized carbons (Fsp3) is 0.533. The first kappa shape index (κ1) is 12.9. The van der Waals surface area contributed by atoms with Crippen LogP contribution in [0.2, 0.25) is 0 Å². The zero-order valence-corrected chi connectivity index (χ0v) is 12.7. The van der Waals surface area contributed by atoms with Crippen molar-refractivity contribution in [3.05, 3.63) is 39.6 Å². The van der Waals surface area contributed by atoms with E-state index in [4.69, 9.17) is 4.98 Å². The molecule has 1 atom stereocenters. The number of nitrogens with zero attached hydrogens (tertiary/aromatic N) is 3. The van der Waals surface area contributed by atoms with Crippen LogP contribution in [0.4, 0.5) is 0 Å². The molecule has 0 bridgehead atoms. The summed E-state index contributed by atoms with van der Waals surface area (Å²) in [5.74, 6) is 1.23. The van der Waals surface area contributed by atoms with E-state index in [1.54, 1.807) is 0 Å². The summed E-state index contributed by atoms with van der Waals surface area (Å²) in [6, 6.07) is 4.97. The molecular weight excluding hydrogens is 254 g/mol. The number of aromatic nitrogens is 2. The van der Waals surface area contributed by atoms with Gasteiger partial charge in [0.05, 0.1) is 11.7 Å². The lowest BCUT2D eigenvalue weighted by molar-refractivity contribution is 0.238. The highest BCUT2D eigenvalue weighted by atomic mass is 32.1. The van der Waals surface area contributed by atoms with Crippen LogP contribution in [-0.4, -0.2) is 21.0 Å². The summed E-state index contributed by atoms with van der Waals surface area (Å²) in [6.07, 6.45) is 4.64. The van der Waals surface area contributed by atoms with Crippen molar-refractivity contribution in [2.24, 2.45) is 7.05 Å². The summed E-state index contributed by atoms with van der Waals surface area (Å²) in [7, 11) is 2.11. The molecule has 2 aromatic rings. The van der Waals surface area contributed by atoms with Crippen LogP contribution >= 0.6 is 11.3 Å². The van der Waals surface area contributed by atoms with Crippen LogP contribution in [0, 0.1) is 13.8 Å². The van der Waals surface area contributed by atoms with Crippen molar-refractivity contribution in [2.75, 3.05) is 6.54 Å². The average molecular weight is 275 g/mol. The van der Waals surface area contributed by atoms with Gasteiger partial charge in [-0.2, -0.15) is 0 Å². The molecule has 3 heterocycles. The quantitative estimate of drug-likeness (QED) is 0.855. The topological polar surface area (TPSA) is 21.1 Å². The van der Waals surface area contributed by atoms with Crippen molar-refractivity contribution in [3.8, 4) is 0 Å². The van der Waals surface area contributed by atoms with Gasteiger partial charge in [-0.3, -0.25) is 4.90 Å². The normalized spacial score (nSPS) is 20.3. The molecule has 0 saturated carbocycles. The van der Waals surface area contributed by atoms with E-state index < -0.39 is 0 Å². The van der Waals surface area contributed by atoms with Crippen LogP contribution in [0.25, 0.3) is 0 Å². The maximum atomic E-state index is 4.71.